The second-order valence-electron chi connectivity index (χ2n) is 3.48. The summed E-state index contributed by atoms with van der Waals surface area (Å²) in [6, 6.07) is 0. The molecular weight excluding hydrogens is 252 g/mol. The Hall–Kier alpha value is -1.52. The summed E-state index contributed by atoms with van der Waals surface area (Å²) in [7, 11) is -5.14. The molecule has 1 aromatic heterocycles. The van der Waals surface area contributed by atoms with E-state index in [1.807, 2.05) is 0 Å². The Morgan fingerprint density at radius 2 is 2.31 bits per heavy atom. The van der Waals surface area contributed by atoms with Crippen LogP contribution in [0.4, 0.5) is 0 Å². The summed E-state index contributed by atoms with van der Waals surface area (Å²) in [5, 5.41) is 15.1. The van der Waals surface area contributed by atoms with Crippen molar-refractivity contribution < 1.29 is 12.5 Å². The Balaban J connectivity index is 2.01. The van der Waals surface area contributed by atoms with E-state index >= 15 is 0 Å². The Kier molecular flexibility index (Phi) is 1.14. The molecule has 16 heavy (non-hydrogen) atoms. The SMILES string of the molecule is NS(=O)(=O)C1=C2[N+]3=S2(=N3)C=C1n1ccnn1. The fourth-order valence-electron chi connectivity index (χ4n) is 1.76. The van der Waals surface area contributed by atoms with Gasteiger partial charge in [0.1, 0.15) is 10.2 Å². The first-order valence-corrected chi connectivity index (χ1v) is 7.42. The molecule has 8 nitrogen and oxygen atoms in total. The van der Waals surface area contributed by atoms with Crippen molar-refractivity contribution in [1.29, 1.82) is 0 Å². The van der Waals surface area contributed by atoms with Crippen molar-refractivity contribution in [2.75, 3.05) is 0 Å². The van der Waals surface area contributed by atoms with Crippen molar-refractivity contribution in [2.45, 2.75) is 0 Å². The van der Waals surface area contributed by atoms with E-state index in [1.54, 1.807) is 15.7 Å². The van der Waals surface area contributed by atoms with E-state index in [0.29, 0.717) is 5.70 Å². The van der Waals surface area contributed by atoms with Gasteiger partial charge < -0.3 is 0 Å². The van der Waals surface area contributed by atoms with Crippen LogP contribution in [0.1, 0.15) is 0 Å². The molecule has 0 amide bonds. The summed E-state index contributed by atoms with van der Waals surface area (Å²) >= 11 is 0. The maximum absolute atomic E-state index is 11.5. The van der Waals surface area contributed by atoms with Crippen LogP contribution < -0.4 is 5.14 Å². The number of aromatic nitrogens is 3. The molecule has 0 saturated carbocycles. The van der Waals surface area contributed by atoms with Crippen LogP contribution in [-0.2, 0) is 19.6 Å². The molecule has 0 saturated heterocycles. The smallest absolute Gasteiger partial charge is 0.224 e. The van der Waals surface area contributed by atoms with Gasteiger partial charge in [-0.1, -0.05) is 5.21 Å². The lowest BCUT2D eigenvalue weighted by Gasteiger charge is -2.02. The van der Waals surface area contributed by atoms with Crippen LogP contribution >= 0.6 is 0 Å². The lowest BCUT2D eigenvalue weighted by molar-refractivity contribution is -0.369. The van der Waals surface area contributed by atoms with E-state index in [1.165, 1.54) is 10.9 Å². The van der Waals surface area contributed by atoms with E-state index in [0.717, 1.165) is 5.03 Å². The minimum absolute atomic E-state index is 0.128. The average Bonchev–Trinajstić information content (AvgIpc) is 2.86. The lowest BCUT2D eigenvalue weighted by Crippen LogP contribution is -2.18. The van der Waals surface area contributed by atoms with Crippen molar-refractivity contribution in [2.24, 2.45) is 9.61 Å². The second-order valence-corrected chi connectivity index (χ2v) is 7.29. The van der Waals surface area contributed by atoms with Gasteiger partial charge in [0.25, 0.3) is 9.62 Å². The highest BCUT2D eigenvalue weighted by Gasteiger charge is 2.72. The summed E-state index contributed by atoms with van der Waals surface area (Å²) in [4.78, 5) is 0.128. The molecule has 0 radical (unpaired) electrons. The van der Waals surface area contributed by atoms with E-state index in [9.17, 15) is 8.42 Å². The van der Waals surface area contributed by atoms with Crippen molar-refractivity contribution in [3.05, 3.63) is 27.7 Å². The molecule has 3 aliphatic rings. The topological polar surface area (TPSA) is 106 Å². The van der Waals surface area contributed by atoms with Gasteiger partial charge in [0.05, 0.1) is 17.8 Å². The molecule has 4 heterocycles. The number of rotatable bonds is 2. The van der Waals surface area contributed by atoms with Gasteiger partial charge in [0.2, 0.25) is 10.0 Å². The van der Waals surface area contributed by atoms with Gasteiger partial charge in [0.15, 0.2) is 4.91 Å². The number of allylic oxidation sites excluding steroid dienone is 1. The average molecular weight is 257 g/mol. The van der Waals surface area contributed by atoms with E-state index in [4.69, 9.17) is 5.14 Å². The number of fused-ring (bicyclic) bond motifs is 1. The number of hydrogen-bond acceptors (Lipinski definition) is 5. The zero-order chi connectivity index (χ0) is 11.1. The Morgan fingerprint density at radius 1 is 1.50 bits per heavy atom. The van der Waals surface area contributed by atoms with Crippen LogP contribution in [0, 0.1) is 0 Å². The molecular formula is C6H5N6O2S2+. The van der Waals surface area contributed by atoms with Crippen LogP contribution in [0.25, 0.3) is 5.70 Å². The van der Waals surface area contributed by atoms with Gasteiger partial charge in [-0.15, -0.1) is 5.10 Å². The van der Waals surface area contributed by atoms with Crippen LogP contribution in [0.3, 0.4) is 0 Å². The molecule has 4 rings (SSSR count). The van der Waals surface area contributed by atoms with E-state index in [-0.39, 0.29) is 4.91 Å². The maximum Gasteiger partial charge on any atom is 0.374 e. The van der Waals surface area contributed by atoms with Crippen molar-refractivity contribution in [3.8, 4) is 0 Å². The number of hydrogen-bond donors (Lipinski definition) is 1. The molecule has 1 spiro atoms. The van der Waals surface area contributed by atoms with Crippen molar-refractivity contribution in [3.63, 3.8) is 0 Å². The molecule has 10 heteroatoms. The third-order valence-corrected chi connectivity index (χ3v) is 6.00. The second kappa shape index (κ2) is 2.12. The van der Waals surface area contributed by atoms with Crippen molar-refractivity contribution in [1.82, 2.24) is 15.0 Å². The first-order valence-electron chi connectivity index (χ1n) is 4.26. The van der Waals surface area contributed by atoms with Crippen LogP contribution in [0.15, 0.2) is 32.2 Å². The number of primary sulfonamides is 1. The summed E-state index contributed by atoms with van der Waals surface area (Å²) in [5.74, 6) is 0. The Labute approximate surface area is 90.5 Å². The molecule has 0 aliphatic carbocycles. The summed E-state index contributed by atoms with van der Waals surface area (Å²) < 4.78 is 30.2. The van der Waals surface area contributed by atoms with Gasteiger partial charge in [-0.05, 0) is 0 Å². The first kappa shape index (κ1) is 8.61. The lowest BCUT2D eigenvalue weighted by atomic mass is 10.4. The number of nitrogens with two attached hydrogens (primary N) is 1. The summed E-state index contributed by atoms with van der Waals surface area (Å²) in [6.45, 7) is 0. The highest BCUT2D eigenvalue weighted by Crippen LogP contribution is 2.55. The van der Waals surface area contributed by atoms with Crippen LogP contribution in [0.5, 0.6) is 0 Å². The maximum atomic E-state index is 11.5. The van der Waals surface area contributed by atoms with Gasteiger partial charge in [-0.25, -0.2) is 18.2 Å². The molecule has 2 N–H and O–H groups in total. The summed E-state index contributed by atoms with van der Waals surface area (Å²) in [5.41, 5.74) is 0.461. The van der Waals surface area contributed by atoms with Gasteiger partial charge in [-0.3, -0.25) is 0 Å². The highest BCUT2D eigenvalue weighted by molar-refractivity contribution is 8.08. The van der Waals surface area contributed by atoms with Gasteiger partial charge in [-0.2, -0.15) is 0 Å². The molecule has 0 aromatic carbocycles. The number of sulfonamides is 1. The van der Waals surface area contributed by atoms with Crippen molar-refractivity contribution >= 4 is 25.3 Å². The minimum Gasteiger partial charge on any atom is -0.224 e. The molecule has 3 aliphatic heterocycles. The molecule has 1 unspecified atom stereocenters. The fourth-order valence-corrected chi connectivity index (χ4v) is 5.75. The Morgan fingerprint density at radius 3 is 2.88 bits per heavy atom. The molecule has 1 atom stereocenters. The molecule has 0 fully saturated rings. The third-order valence-electron chi connectivity index (χ3n) is 2.52. The highest BCUT2D eigenvalue weighted by atomic mass is 32.2. The van der Waals surface area contributed by atoms with E-state index < -0.39 is 19.6 Å². The zero-order valence-corrected chi connectivity index (χ0v) is 9.31. The van der Waals surface area contributed by atoms with Gasteiger partial charge >= 0.3 is 5.03 Å². The third kappa shape index (κ3) is 0.795. The molecule has 0 bridgehead atoms. The quantitative estimate of drug-likeness (QED) is 0.687. The van der Waals surface area contributed by atoms with Gasteiger partial charge in [0, 0.05) is 4.05 Å². The summed E-state index contributed by atoms with van der Waals surface area (Å²) in [6.07, 6.45) is 3.05. The molecule has 82 valence electrons. The largest absolute Gasteiger partial charge is 0.374 e. The molecule has 1 aromatic rings. The first-order chi connectivity index (χ1) is 7.54. The zero-order valence-electron chi connectivity index (χ0n) is 7.68. The van der Waals surface area contributed by atoms with E-state index in [2.05, 4.69) is 14.8 Å². The number of nitrogens with zero attached hydrogens (tertiary/aromatic N) is 5. The standard InChI is InChI=1S/C6H5N6O2S2/c7-16(13,14)5-4(11-2-1-8-9-11)3-15-6(5)12(15)10-15/h1-3H,(H2,7,13,14)/q+1. The fraction of sp³-hybridized carbons (Fsp3) is 0. The predicted molar refractivity (Wildman–Crippen MR) is 54.5 cm³/mol. The monoisotopic (exact) mass is 257 g/mol. The van der Waals surface area contributed by atoms with Crippen LogP contribution in [0.2, 0.25) is 0 Å². The Bertz CT molecular complexity index is 832. The minimum atomic E-state index is -3.75. The predicted octanol–water partition coefficient (Wildman–Crippen LogP) is -0.976. The van der Waals surface area contributed by atoms with Crippen LogP contribution in [-0.4, -0.2) is 27.5 Å². The normalized spacial score (nSPS) is 29.6.